The lowest BCUT2D eigenvalue weighted by atomic mass is 10.1. The number of nitrogens with two attached hydrogens (primary N) is 1. The molecule has 6 nitrogen and oxygen atoms in total. The summed E-state index contributed by atoms with van der Waals surface area (Å²) >= 11 is 0. The molecule has 0 aliphatic rings. The van der Waals surface area contributed by atoms with E-state index in [4.69, 9.17) is 15.2 Å². The highest BCUT2D eigenvalue weighted by molar-refractivity contribution is 5.96. The lowest BCUT2D eigenvalue weighted by Gasteiger charge is -2.20. The highest BCUT2D eigenvalue weighted by Crippen LogP contribution is 2.20. The van der Waals surface area contributed by atoms with Gasteiger partial charge in [-0.2, -0.15) is 0 Å². The minimum Gasteiger partial charge on any atom is -0.497 e. The van der Waals surface area contributed by atoms with Gasteiger partial charge in [0.15, 0.2) is 6.61 Å². The molecular weight excluding hydrogens is 260 g/mol. The molecule has 0 spiro atoms. The quantitative estimate of drug-likeness (QED) is 0.641. The van der Waals surface area contributed by atoms with Crippen molar-refractivity contribution in [2.45, 2.75) is 26.3 Å². The summed E-state index contributed by atoms with van der Waals surface area (Å²) in [4.78, 5) is 23.4. The van der Waals surface area contributed by atoms with Gasteiger partial charge < -0.3 is 20.5 Å². The lowest BCUT2D eigenvalue weighted by molar-refractivity contribution is -0.125. The van der Waals surface area contributed by atoms with Crippen molar-refractivity contribution in [3.8, 4) is 5.75 Å². The number of nitrogen functional groups attached to an aromatic ring is 1. The Labute approximate surface area is 118 Å². The van der Waals surface area contributed by atoms with Gasteiger partial charge in [0.1, 0.15) is 5.75 Å². The van der Waals surface area contributed by atoms with Crippen LogP contribution in [0.5, 0.6) is 5.75 Å². The molecule has 0 radical (unpaired) electrons. The van der Waals surface area contributed by atoms with E-state index in [0.29, 0.717) is 5.75 Å². The fourth-order valence-electron chi connectivity index (χ4n) is 1.50. The first kappa shape index (κ1) is 15.8. The first-order valence-electron chi connectivity index (χ1n) is 6.14. The van der Waals surface area contributed by atoms with Crippen LogP contribution in [0.15, 0.2) is 18.2 Å². The van der Waals surface area contributed by atoms with Crippen LogP contribution in [0.2, 0.25) is 0 Å². The van der Waals surface area contributed by atoms with Gasteiger partial charge in [0.05, 0.1) is 12.7 Å². The molecule has 0 saturated heterocycles. The van der Waals surface area contributed by atoms with E-state index in [9.17, 15) is 9.59 Å². The average molecular weight is 280 g/mol. The SMILES string of the molecule is COc1ccc(N)c(C(=O)OCC(=O)NC(C)(C)C)c1. The minimum absolute atomic E-state index is 0.174. The van der Waals surface area contributed by atoms with Crippen LogP contribution in [0.4, 0.5) is 5.69 Å². The van der Waals surface area contributed by atoms with Crippen molar-refractivity contribution in [3.05, 3.63) is 23.8 Å². The maximum atomic E-state index is 11.9. The molecule has 1 aromatic carbocycles. The molecule has 0 aliphatic carbocycles. The van der Waals surface area contributed by atoms with E-state index in [1.54, 1.807) is 12.1 Å². The number of hydrogen-bond acceptors (Lipinski definition) is 5. The van der Waals surface area contributed by atoms with Gasteiger partial charge >= 0.3 is 5.97 Å². The number of esters is 1. The number of rotatable bonds is 4. The Kier molecular flexibility index (Phi) is 4.96. The maximum absolute atomic E-state index is 11.9. The van der Waals surface area contributed by atoms with Gasteiger partial charge in [-0.3, -0.25) is 4.79 Å². The normalized spacial score (nSPS) is 10.8. The highest BCUT2D eigenvalue weighted by atomic mass is 16.5. The van der Waals surface area contributed by atoms with E-state index in [1.165, 1.54) is 13.2 Å². The van der Waals surface area contributed by atoms with E-state index in [2.05, 4.69) is 5.32 Å². The molecule has 1 amide bonds. The number of nitrogens with one attached hydrogen (secondary N) is 1. The largest absolute Gasteiger partial charge is 0.497 e. The fourth-order valence-corrected chi connectivity index (χ4v) is 1.50. The molecule has 0 unspecified atom stereocenters. The van der Waals surface area contributed by atoms with Gasteiger partial charge in [-0.15, -0.1) is 0 Å². The molecule has 6 heteroatoms. The summed E-state index contributed by atoms with van der Waals surface area (Å²) in [5.41, 5.74) is 5.76. The predicted octanol–water partition coefficient (Wildman–Crippen LogP) is 1.35. The van der Waals surface area contributed by atoms with Crippen molar-refractivity contribution in [3.63, 3.8) is 0 Å². The number of anilines is 1. The van der Waals surface area contributed by atoms with Crippen molar-refractivity contribution in [1.29, 1.82) is 0 Å². The van der Waals surface area contributed by atoms with Crippen LogP contribution in [-0.2, 0) is 9.53 Å². The van der Waals surface area contributed by atoms with E-state index in [0.717, 1.165) is 0 Å². The Bertz CT molecular complexity index is 506. The summed E-state index contributed by atoms with van der Waals surface area (Å²) in [6.45, 7) is 5.17. The van der Waals surface area contributed by atoms with Crippen molar-refractivity contribution in [2.24, 2.45) is 0 Å². The lowest BCUT2D eigenvalue weighted by Crippen LogP contribution is -2.42. The second-order valence-corrected chi connectivity index (χ2v) is 5.33. The molecule has 0 saturated carbocycles. The van der Waals surface area contributed by atoms with Gasteiger partial charge in [0, 0.05) is 11.2 Å². The zero-order chi connectivity index (χ0) is 15.3. The van der Waals surface area contributed by atoms with E-state index >= 15 is 0 Å². The summed E-state index contributed by atoms with van der Waals surface area (Å²) in [5, 5.41) is 2.69. The van der Waals surface area contributed by atoms with E-state index in [1.807, 2.05) is 20.8 Å². The molecule has 0 atom stereocenters. The third kappa shape index (κ3) is 4.79. The van der Waals surface area contributed by atoms with Gasteiger partial charge in [0.2, 0.25) is 0 Å². The van der Waals surface area contributed by atoms with Gasteiger partial charge in [-0.25, -0.2) is 4.79 Å². The number of carbonyl (C=O) groups excluding carboxylic acids is 2. The number of methoxy groups -OCH3 is 1. The molecule has 3 N–H and O–H groups in total. The number of ether oxygens (including phenoxy) is 2. The van der Waals surface area contributed by atoms with Crippen LogP contribution >= 0.6 is 0 Å². The fraction of sp³-hybridized carbons (Fsp3) is 0.429. The second kappa shape index (κ2) is 6.27. The number of benzene rings is 1. The van der Waals surface area contributed by atoms with Gasteiger partial charge in [0.25, 0.3) is 5.91 Å². The van der Waals surface area contributed by atoms with Crippen LogP contribution in [0.25, 0.3) is 0 Å². The first-order chi connectivity index (χ1) is 9.23. The van der Waals surface area contributed by atoms with Gasteiger partial charge in [-0.05, 0) is 39.0 Å². The molecule has 20 heavy (non-hydrogen) atoms. The summed E-state index contributed by atoms with van der Waals surface area (Å²) in [6.07, 6.45) is 0. The summed E-state index contributed by atoms with van der Waals surface area (Å²) < 4.78 is 9.94. The second-order valence-electron chi connectivity index (χ2n) is 5.33. The Morgan fingerprint density at radius 3 is 2.50 bits per heavy atom. The monoisotopic (exact) mass is 280 g/mol. The summed E-state index contributed by atoms with van der Waals surface area (Å²) in [7, 11) is 1.48. The van der Waals surface area contributed by atoms with Crippen LogP contribution in [0.1, 0.15) is 31.1 Å². The smallest absolute Gasteiger partial charge is 0.340 e. The molecular formula is C14H20N2O4. The Morgan fingerprint density at radius 2 is 1.95 bits per heavy atom. The predicted molar refractivity (Wildman–Crippen MR) is 75.6 cm³/mol. The van der Waals surface area contributed by atoms with E-state index in [-0.39, 0.29) is 29.3 Å². The molecule has 0 aliphatic heterocycles. The molecule has 0 fully saturated rings. The third-order valence-electron chi connectivity index (χ3n) is 2.33. The number of hydrogen-bond donors (Lipinski definition) is 2. The van der Waals surface area contributed by atoms with Crippen molar-refractivity contribution >= 4 is 17.6 Å². The molecule has 0 aromatic heterocycles. The standard InChI is InChI=1S/C14H20N2O4/c1-14(2,3)16-12(17)8-20-13(18)10-7-9(19-4)5-6-11(10)15/h5-7H,8,15H2,1-4H3,(H,16,17). The molecule has 1 rings (SSSR count). The Balaban J connectivity index is 2.66. The zero-order valence-corrected chi connectivity index (χ0v) is 12.1. The maximum Gasteiger partial charge on any atom is 0.340 e. The van der Waals surface area contributed by atoms with Crippen LogP contribution < -0.4 is 15.8 Å². The minimum atomic E-state index is -0.662. The average Bonchev–Trinajstić information content (AvgIpc) is 2.34. The van der Waals surface area contributed by atoms with Crippen LogP contribution in [0.3, 0.4) is 0 Å². The van der Waals surface area contributed by atoms with Crippen LogP contribution in [-0.4, -0.2) is 31.1 Å². The Hall–Kier alpha value is -2.24. The van der Waals surface area contributed by atoms with Gasteiger partial charge in [-0.1, -0.05) is 0 Å². The first-order valence-corrected chi connectivity index (χ1v) is 6.14. The van der Waals surface area contributed by atoms with Crippen molar-refractivity contribution < 1.29 is 19.1 Å². The highest BCUT2D eigenvalue weighted by Gasteiger charge is 2.17. The van der Waals surface area contributed by atoms with Crippen molar-refractivity contribution in [1.82, 2.24) is 5.32 Å². The summed E-state index contributed by atoms with van der Waals surface area (Å²) in [5.74, 6) is -0.539. The zero-order valence-electron chi connectivity index (χ0n) is 12.1. The molecule has 0 heterocycles. The number of amides is 1. The number of carbonyl (C=O) groups is 2. The molecule has 110 valence electrons. The third-order valence-corrected chi connectivity index (χ3v) is 2.33. The molecule has 0 bridgehead atoms. The Morgan fingerprint density at radius 1 is 1.30 bits per heavy atom. The topological polar surface area (TPSA) is 90.7 Å². The van der Waals surface area contributed by atoms with Crippen molar-refractivity contribution in [2.75, 3.05) is 19.5 Å². The van der Waals surface area contributed by atoms with E-state index < -0.39 is 5.97 Å². The summed E-state index contributed by atoms with van der Waals surface area (Å²) in [6, 6.07) is 4.66. The molecule has 1 aromatic rings. The van der Waals surface area contributed by atoms with Crippen LogP contribution in [0, 0.1) is 0 Å².